The van der Waals surface area contributed by atoms with Gasteiger partial charge in [-0.05, 0) is 6.07 Å². The van der Waals surface area contributed by atoms with Crippen molar-refractivity contribution in [2.45, 2.75) is 0 Å². The van der Waals surface area contributed by atoms with Crippen molar-refractivity contribution in [2.75, 3.05) is 0 Å². The van der Waals surface area contributed by atoms with E-state index in [1.54, 1.807) is 0 Å². The Morgan fingerprint density at radius 1 is 1.27 bits per heavy atom. The number of rotatable bonds is 2. The molecule has 0 unspecified atom stereocenters. The summed E-state index contributed by atoms with van der Waals surface area (Å²) in [6.07, 6.45) is 0. The molecule has 0 bridgehead atoms. The Labute approximate surface area is 126 Å². The van der Waals surface area contributed by atoms with Crippen LogP contribution in [0.25, 0.3) is 0 Å². The fraction of sp³-hybridized carbons (Fsp3) is 0. The number of amides is 1. The predicted octanol–water partition coefficient (Wildman–Crippen LogP) is -2.02. The number of hydrogen-bond acceptors (Lipinski definition) is 1. The molecule has 2 nitrogen and oxygen atoms in total. The maximum Gasteiger partial charge on any atom is 1.00 e. The average molecular weight is 245 g/mol. The van der Waals surface area contributed by atoms with Gasteiger partial charge in [-0.2, -0.15) is 0 Å². The van der Waals surface area contributed by atoms with Crippen LogP contribution in [0.1, 0.15) is 10.4 Å². The first-order valence-electron chi connectivity index (χ1n) is 3.61. The molecule has 0 aliphatic heterocycles. The first kappa shape index (κ1) is 15.1. The third kappa shape index (κ3) is 3.88. The molecule has 0 saturated heterocycles. The van der Waals surface area contributed by atoms with E-state index in [0.29, 0.717) is 12.1 Å². The van der Waals surface area contributed by atoms with Gasteiger partial charge in [0.25, 0.3) is 0 Å². The van der Waals surface area contributed by atoms with Crippen LogP contribution in [0.3, 0.4) is 0 Å². The monoisotopic (exact) mass is 245 g/mol. The van der Waals surface area contributed by atoms with Gasteiger partial charge < -0.3 is 18.7 Å². The van der Waals surface area contributed by atoms with Crippen LogP contribution in [-0.4, -0.2) is 12.9 Å². The first-order valence-corrected chi connectivity index (χ1v) is 3.61. The number of carbonyl (C=O) groups is 1. The van der Waals surface area contributed by atoms with Crippen LogP contribution < -0.4 is 62.6 Å². The zero-order valence-electron chi connectivity index (χ0n) is 7.81. The standard InChI is InChI=1S/C7H5BF4NO.K/c9-6-3-4(7(13)14)1-2-5(6)8(10,11)12;/h1-3H,(H2,13,14);/q-1;+1. The number of primary amides is 1. The van der Waals surface area contributed by atoms with Crippen LogP contribution in [0.2, 0.25) is 0 Å². The van der Waals surface area contributed by atoms with Crippen LogP contribution in [0.4, 0.5) is 17.3 Å². The van der Waals surface area contributed by atoms with Crippen molar-refractivity contribution in [1.29, 1.82) is 0 Å². The molecule has 0 atom stereocenters. The first-order chi connectivity index (χ1) is 6.32. The zero-order valence-corrected chi connectivity index (χ0v) is 10.9. The molecular weight excluding hydrogens is 240 g/mol. The van der Waals surface area contributed by atoms with Crippen molar-refractivity contribution in [2.24, 2.45) is 5.73 Å². The fourth-order valence-corrected chi connectivity index (χ4v) is 0.946. The summed E-state index contributed by atoms with van der Waals surface area (Å²) in [5, 5.41) is 0. The van der Waals surface area contributed by atoms with Gasteiger partial charge in [-0.25, -0.2) is 4.39 Å². The maximum absolute atomic E-state index is 12.8. The van der Waals surface area contributed by atoms with Crippen LogP contribution in [0, 0.1) is 5.82 Å². The van der Waals surface area contributed by atoms with Crippen LogP contribution in [-0.2, 0) is 0 Å². The molecule has 0 saturated carbocycles. The van der Waals surface area contributed by atoms with Crippen molar-refractivity contribution in [3.8, 4) is 0 Å². The minimum atomic E-state index is -5.39. The number of hydrogen-bond donors (Lipinski definition) is 1. The Kier molecular flexibility index (Phi) is 5.48. The summed E-state index contributed by atoms with van der Waals surface area (Å²) in [6, 6.07) is 1.83. The third-order valence-corrected chi connectivity index (χ3v) is 1.64. The molecule has 1 rings (SSSR count). The Balaban J connectivity index is 0.00000196. The summed E-state index contributed by atoms with van der Waals surface area (Å²) < 4.78 is 49.1. The Morgan fingerprint density at radius 2 is 1.80 bits per heavy atom. The van der Waals surface area contributed by atoms with Crippen LogP contribution in [0.5, 0.6) is 0 Å². The molecule has 0 radical (unpaired) electrons. The largest absolute Gasteiger partial charge is 1.00 e. The Bertz CT molecular complexity index is 382. The van der Waals surface area contributed by atoms with Crippen molar-refractivity contribution in [3.05, 3.63) is 29.6 Å². The average Bonchev–Trinajstić information content (AvgIpc) is 2.01. The molecule has 8 heteroatoms. The number of benzene rings is 1. The number of carbonyl (C=O) groups excluding carboxylic acids is 1. The van der Waals surface area contributed by atoms with Crippen molar-refractivity contribution < 1.29 is 73.5 Å². The van der Waals surface area contributed by atoms with Crippen LogP contribution >= 0.6 is 0 Å². The van der Waals surface area contributed by atoms with Gasteiger partial charge in [-0.1, -0.05) is 17.6 Å². The van der Waals surface area contributed by atoms with Gasteiger partial charge in [0.15, 0.2) is 0 Å². The van der Waals surface area contributed by atoms with E-state index in [9.17, 15) is 22.1 Å². The molecule has 0 aliphatic rings. The van der Waals surface area contributed by atoms with E-state index < -0.39 is 24.2 Å². The van der Waals surface area contributed by atoms with E-state index in [1.807, 2.05) is 0 Å². The topological polar surface area (TPSA) is 43.1 Å². The van der Waals surface area contributed by atoms with E-state index in [4.69, 9.17) is 5.73 Å². The molecule has 1 amide bonds. The second-order valence-corrected chi connectivity index (χ2v) is 2.68. The number of nitrogens with two attached hydrogens (primary N) is 1. The molecule has 76 valence electrons. The Morgan fingerprint density at radius 3 is 2.13 bits per heavy atom. The quantitative estimate of drug-likeness (QED) is 0.474. The van der Waals surface area contributed by atoms with Crippen molar-refractivity contribution in [3.63, 3.8) is 0 Å². The third-order valence-electron chi connectivity index (χ3n) is 1.64. The summed E-state index contributed by atoms with van der Waals surface area (Å²) in [7, 11) is 0. The van der Waals surface area contributed by atoms with E-state index in [1.165, 1.54) is 0 Å². The molecule has 2 N–H and O–H groups in total. The fourth-order valence-electron chi connectivity index (χ4n) is 0.946. The minimum Gasteiger partial charge on any atom is -0.445 e. The SMILES string of the molecule is NC(=O)c1ccc([B-](F)(F)F)c(F)c1.[K+]. The van der Waals surface area contributed by atoms with Gasteiger partial charge in [-0.15, -0.1) is 0 Å². The normalized spacial score (nSPS) is 10.7. The molecule has 1 aromatic carbocycles. The van der Waals surface area contributed by atoms with Gasteiger partial charge in [-0.3, -0.25) is 4.79 Å². The summed E-state index contributed by atoms with van der Waals surface area (Å²) in [4.78, 5) is 10.5. The molecule has 15 heavy (non-hydrogen) atoms. The van der Waals surface area contributed by atoms with E-state index in [2.05, 4.69) is 0 Å². The van der Waals surface area contributed by atoms with Gasteiger partial charge >= 0.3 is 58.4 Å². The van der Waals surface area contributed by atoms with Gasteiger partial charge in [0.05, 0.1) is 5.82 Å². The number of halogens is 4. The summed E-state index contributed by atoms with van der Waals surface area (Å²) in [5.74, 6) is -2.45. The molecular formula is C7H5BF4KNO. The van der Waals surface area contributed by atoms with E-state index in [0.717, 1.165) is 6.07 Å². The molecule has 1 aromatic rings. The second kappa shape index (κ2) is 5.44. The van der Waals surface area contributed by atoms with Crippen molar-refractivity contribution in [1.82, 2.24) is 0 Å². The summed E-state index contributed by atoms with van der Waals surface area (Å²) >= 11 is 0. The smallest absolute Gasteiger partial charge is 0.445 e. The summed E-state index contributed by atoms with van der Waals surface area (Å²) in [5.41, 5.74) is 3.12. The molecule has 0 fully saturated rings. The maximum atomic E-state index is 12.8. The zero-order chi connectivity index (χ0) is 10.9. The van der Waals surface area contributed by atoms with Crippen LogP contribution in [0.15, 0.2) is 18.2 Å². The molecule has 0 aliphatic carbocycles. The van der Waals surface area contributed by atoms with Gasteiger partial charge in [0.1, 0.15) is 0 Å². The van der Waals surface area contributed by atoms with Crippen molar-refractivity contribution >= 4 is 18.3 Å². The molecule has 0 aromatic heterocycles. The predicted molar refractivity (Wildman–Crippen MR) is 43.6 cm³/mol. The van der Waals surface area contributed by atoms with Gasteiger partial charge in [0, 0.05) is 5.56 Å². The molecule has 0 spiro atoms. The summed E-state index contributed by atoms with van der Waals surface area (Å²) in [6.45, 7) is -5.39. The Hall–Kier alpha value is 0.111. The second-order valence-electron chi connectivity index (χ2n) is 2.68. The van der Waals surface area contributed by atoms with E-state index >= 15 is 0 Å². The minimum absolute atomic E-state index is 0. The molecule has 0 heterocycles. The van der Waals surface area contributed by atoms with E-state index in [-0.39, 0.29) is 56.9 Å². The van der Waals surface area contributed by atoms with Gasteiger partial charge in [0.2, 0.25) is 5.91 Å².